The van der Waals surface area contributed by atoms with E-state index in [1.54, 1.807) is 19.1 Å². The summed E-state index contributed by atoms with van der Waals surface area (Å²) in [4.78, 5) is 46.7. The third-order valence-corrected chi connectivity index (χ3v) is 6.02. The Morgan fingerprint density at radius 2 is 1.73 bits per heavy atom. The second kappa shape index (κ2) is 16.6. The summed E-state index contributed by atoms with van der Waals surface area (Å²) in [5.74, 6) is -1.60. The Morgan fingerprint density at radius 3 is 2.35 bits per heavy atom. The number of cyclic esters (lactones) is 1. The molecule has 8 heteroatoms. The highest BCUT2D eigenvalue weighted by Crippen LogP contribution is 2.28. The van der Waals surface area contributed by atoms with E-state index in [2.05, 4.69) is 19.9 Å². The van der Waals surface area contributed by atoms with Crippen LogP contribution in [-0.4, -0.2) is 49.3 Å². The van der Waals surface area contributed by atoms with Crippen molar-refractivity contribution < 1.29 is 38.1 Å². The Hall–Kier alpha value is -3.16. The molecule has 0 aromatic heterocycles. The molecule has 1 aliphatic heterocycles. The Bertz CT molecular complexity index is 911. The molecule has 0 spiro atoms. The predicted octanol–water partition coefficient (Wildman–Crippen LogP) is 5.03. The normalized spacial score (nSPS) is 20.7. The van der Waals surface area contributed by atoms with Gasteiger partial charge in [-0.05, 0) is 57.9 Å². The van der Waals surface area contributed by atoms with Crippen LogP contribution < -0.4 is 0 Å². The average molecular weight is 519 g/mol. The van der Waals surface area contributed by atoms with Crippen molar-refractivity contribution in [3.63, 3.8) is 0 Å². The van der Waals surface area contributed by atoms with Gasteiger partial charge in [-0.2, -0.15) is 0 Å². The van der Waals surface area contributed by atoms with Crippen LogP contribution in [0.15, 0.2) is 47.6 Å². The summed E-state index contributed by atoms with van der Waals surface area (Å²) in [6, 6.07) is 0. The molecule has 1 heterocycles. The fraction of sp³-hybridized carbons (Fsp3) is 0.586. The summed E-state index contributed by atoms with van der Waals surface area (Å²) < 4.78 is 21.2. The van der Waals surface area contributed by atoms with E-state index in [1.165, 1.54) is 31.6 Å². The van der Waals surface area contributed by atoms with Gasteiger partial charge in [-0.25, -0.2) is 9.59 Å². The van der Waals surface area contributed by atoms with E-state index in [4.69, 9.17) is 18.9 Å². The van der Waals surface area contributed by atoms with E-state index in [1.807, 2.05) is 19.9 Å². The zero-order valence-electron chi connectivity index (χ0n) is 23.2. The third kappa shape index (κ3) is 13.6. The number of allylic oxidation sites excluding steroid dienone is 4. The smallest absolute Gasteiger partial charge is 0.331 e. The van der Waals surface area contributed by atoms with Gasteiger partial charge in [0.2, 0.25) is 0 Å². The molecule has 1 aliphatic rings. The molecule has 0 bridgehead atoms. The summed E-state index contributed by atoms with van der Waals surface area (Å²) in [5.41, 5.74) is 2.05. The van der Waals surface area contributed by atoms with Crippen LogP contribution in [0.3, 0.4) is 0 Å². The maximum Gasteiger partial charge on any atom is 0.331 e. The highest BCUT2D eigenvalue weighted by atomic mass is 16.6. The van der Waals surface area contributed by atoms with Crippen LogP contribution in [0.2, 0.25) is 0 Å². The molecule has 0 fully saturated rings. The Labute approximate surface area is 220 Å². The van der Waals surface area contributed by atoms with Gasteiger partial charge in [-0.3, -0.25) is 9.59 Å². The lowest BCUT2D eigenvalue weighted by Crippen LogP contribution is -2.41. The maximum atomic E-state index is 12.6. The molecule has 5 atom stereocenters. The Balaban J connectivity index is 2.81. The van der Waals surface area contributed by atoms with Crippen LogP contribution in [0.5, 0.6) is 0 Å². The first-order valence-electron chi connectivity index (χ1n) is 12.8. The monoisotopic (exact) mass is 518 g/mol. The predicted molar refractivity (Wildman–Crippen MR) is 140 cm³/mol. The van der Waals surface area contributed by atoms with Gasteiger partial charge in [0.15, 0.2) is 6.10 Å². The molecule has 5 unspecified atom stereocenters. The molecule has 0 saturated carbocycles. The van der Waals surface area contributed by atoms with E-state index in [-0.39, 0.29) is 31.0 Å². The number of rotatable bonds is 14. The fourth-order valence-electron chi connectivity index (χ4n) is 4.18. The van der Waals surface area contributed by atoms with E-state index in [0.717, 1.165) is 18.4 Å². The van der Waals surface area contributed by atoms with Crippen LogP contribution in [0.25, 0.3) is 0 Å². The topological polar surface area (TPSA) is 105 Å². The first kappa shape index (κ1) is 31.9. The largest absolute Gasteiger partial charge is 0.466 e. The van der Waals surface area contributed by atoms with Gasteiger partial charge in [0.05, 0.1) is 13.2 Å². The molecule has 0 radical (unpaired) electrons. The van der Waals surface area contributed by atoms with E-state index in [0.29, 0.717) is 12.3 Å². The van der Waals surface area contributed by atoms with Crippen molar-refractivity contribution in [1.29, 1.82) is 0 Å². The van der Waals surface area contributed by atoms with Crippen LogP contribution in [0, 0.1) is 17.8 Å². The second-order valence-corrected chi connectivity index (χ2v) is 9.75. The molecule has 0 aliphatic carbocycles. The van der Waals surface area contributed by atoms with Gasteiger partial charge in [0, 0.05) is 31.9 Å². The van der Waals surface area contributed by atoms with Gasteiger partial charge in [0.1, 0.15) is 6.10 Å². The minimum absolute atomic E-state index is 0.00350. The Kier molecular flexibility index (Phi) is 14.3. The fourth-order valence-corrected chi connectivity index (χ4v) is 4.18. The van der Waals surface area contributed by atoms with Gasteiger partial charge in [0.25, 0.3) is 0 Å². The zero-order chi connectivity index (χ0) is 28.0. The van der Waals surface area contributed by atoms with Crippen molar-refractivity contribution in [2.24, 2.45) is 17.8 Å². The van der Waals surface area contributed by atoms with Crippen molar-refractivity contribution in [2.75, 3.05) is 13.2 Å². The number of ether oxygens (including phenoxy) is 4. The summed E-state index contributed by atoms with van der Waals surface area (Å²) in [5, 5.41) is 0. The number of hydrogen-bond donors (Lipinski definition) is 0. The minimum Gasteiger partial charge on any atom is -0.466 e. The van der Waals surface area contributed by atoms with Crippen LogP contribution in [0.4, 0.5) is 0 Å². The zero-order valence-corrected chi connectivity index (χ0v) is 23.2. The first-order chi connectivity index (χ1) is 17.4. The highest BCUT2D eigenvalue weighted by Gasteiger charge is 2.34. The second-order valence-electron chi connectivity index (χ2n) is 9.75. The Morgan fingerprint density at radius 1 is 1.05 bits per heavy atom. The lowest BCUT2D eigenvalue weighted by atomic mass is 9.86. The number of carbonyl (C=O) groups excluding carboxylic acids is 4. The van der Waals surface area contributed by atoms with Crippen molar-refractivity contribution in [1.82, 2.24) is 0 Å². The number of hydrogen-bond acceptors (Lipinski definition) is 8. The molecule has 1 rings (SSSR count). The van der Waals surface area contributed by atoms with Crippen molar-refractivity contribution in [3.8, 4) is 0 Å². The third-order valence-electron chi connectivity index (χ3n) is 6.02. The van der Waals surface area contributed by atoms with Crippen LogP contribution >= 0.6 is 0 Å². The van der Waals surface area contributed by atoms with E-state index >= 15 is 0 Å². The molecule has 206 valence electrons. The van der Waals surface area contributed by atoms with Gasteiger partial charge in [-0.1, -0.05) is 43.2 Å². The van der Waals surface area contributed by atoms with Crippen molar-refractivity contribution in [3.05, 3.63) is 47.6 Å². The minimum atomic E-state index is -0.676. The lowest BCUT2D eigenvalue weighted by molar-refractivity contribution is -0.164. The number of carbonyl (C=O) groups is 4. The van der Waals surface area contributed by atoms with Crippen LogP contribution in [-0.2, 0) is 38.1 Å². The SMILES string of the molecule is CC=C(C)CC(C)CC(C)C1OC(=O)C=CC1OC(=O)C=CC(C)=CC(CCOC(C)=O)COC(C)=O. The number of esters is 4. The molecule has 0 aromatic rings. The molecular weight excluding hydrogens is 476 g/mol. The standard InChI is InChI=1S/C29H42O8/c1-8-19(2)15-21(4)16-22(5)29-26(10-12-28(33)37-29)36-27(32)11-9-20(3)17-25(18-35-24(7)31)13-14-34-23(6)30/h8-12,17,21-22,25-26,29H,13-16,18H2,1-7H3. The van der Waals surface area contributed by atoms with Crippen molar-refractivity contribution >= 4 is 23.9 Å². The average Bonchev–Trinajstić information content (AvgIpc) is 2.81. The maximum absolute atomic E-state index is 12.6. The summed E-state index contributed by atoms with van der Waals surface area (Å²) >= 11 is 0. The van der Waals surface area contributed by atoms with E-state index in [9.17, 15) is 19.2 Å². The van der Waals surface area contributed by atoms with Crippen LogP contribution in [0.1, 0.15) is 67.7 Å². The highest BCUT2D eigenvalue weighted by molar-refractivity contribution is 5.85. The summed E-state index contributed by atoms with van der Waals surface area (Å²) in [6.07, 6.45) is 10.7. The first-order valence-corrected chi connectivity index (χ1v) is 12.8. The van der Waals surface area contributed by atoms with E-state index < -0.39 is 30.1 Å². The summed E-state index contributed by atoms with van der Waals surface area (Å²) in [6.45, 7) is 13.0. The quantitative estimate of drug-likeness (QED) is 0.104. The molecule has 0 N–H and O–H groups in total. The van der Waals surface area contributed by atoms with Gasteiger partial charge in [-0.15, -0.1) is 0 Å². The molecule has 8 nitrogen and oxygen atoms in total. The molecular formula is C29H42O8. The lowest BCUT2D eigenvalue weighted by Gasteiger charge is -2.32. The molecule has 0 saturated heterocycles. The molecule has 0 amide bonds. The summed E-state index contributed by atoms with van der Waals surface area (Å²) in [7, 11) is 0. The van der Waals surface area contributed by atoms with Crippen molar-refractivity contribution in [2.45, 2.75) is 79.9 Å². The molecule has 37 heavy (non-hydrogen) atoms. The van der Waals surface area contributed by atoms with Gasteiger partial charge < -0.3 is 18.9 Å². The molecule has 0 aromatic carbocycles. The van der Waals surface area contributed by atoms with Gasteiger partial charge >= 0.3 is 23.9 Å².